The first-order valence-corrected chi connectivity index (χ1v) is 11.2. The van der Waals surface area contributed by atoms with Gasteiger partial charge < -0.3 is 10.5 Å². The molecule has 8 heteroatoms. The van der Waals surface area contributed by atoms with Crippen LogP contribution in [0.15, 0.2) is 77.7 Å². The molecule has 160 valence electrons. The Morgan fingerprint density at radius 1 is 1.09 bits per heavy atom. The molecule has 5 nitrogen and oxygen atoms in total. The van der Waals surface area contributed by atoms with Crippen molar-refractivity contribution in [2.45, 2.75) is 6.61 Å². The summed E-state index contributed by atoms with van der Waals surface area (Å²) in [5.74, 6) is -0.256. The lowest BCUT2D eigenvalue weighted by Gasteiger charge is -2.17. The number of para-hydroxylation sites is 1. The maximum absolute atomic E-state index is 13.1. The van der Waals surface area contributed by atoms with Crippen molar-refractivity contribution in [1.29, 1.82) is 0 Å². The predicted molar refractivity (Wildman–Crippen MR) is 133 cm³/mol. The summed E-state index contributed by atoms with van der Waals surface area (Å²) in [6, 6.07) is 21.5. The maximum Gasteiger partial charge on any atom is 0.270 e. The van der Waals surface area contributed by atoms with Crippen LogP contribution in [-0.2, 0) is 11.4 Å². The Labute approximate surface area is 199 Å². The zero-order chi connectivity index (χ0) is 22.7. The zero-order valence-electron chi connectivity index (χ0n) is 16.7. The number of nitrogens with two attached hydrogens (primary N) is 1. The van der Waals surface area contributed by atoms with Crippen LogP contribution in [-0.4, -0.2) is 16.1 Å². The van der Waals surface area contributed by atoms with Gasteiger partial charge in [-0.1, -0.05) is 72.0 Å². The summed E-state index contributed by atoms with van der Waals surface area (Å²) in [5.41, 5.74) is 7.87. The number of halogens is 1. The normalized spacial score (nSPS) is 14.8. The lowest BCUT2D eigenvalue weighted by molar-refractivity contribution is -0.113. The SMILES string of the molecule is NC(=O)c1ccccc1N1C(=O)/C(=C/c2cccc(OCc3ccc(Cl)cc3)c2)SC1=S. The molecule has 2 amide bonds. The summed E-state index contributed by atoms with van der Waals surface area (Å²) in [6.07, 6.45) is 1.75. The first-order valence-electron chi connectivity index (χ1n) is 9.56. The fourth-order valence-corrected chi connectivity index (χ4v) is 4.56. The van der Waals surface area contributed by atoms with Gasteiger partial charge >= 0.3 is 0 Å². The molecule has 0 aromatic heterocycles. The molecule has 1 fully saturated rings. The molecule has 3 aromatic rings. The molecule has 4 rings (SSSR count). The first-order chi connectivity index (χ1) is 15.4. The predicted octanol–water partition coefficient (Wildman–Crippen LogP) is 5.42. The van der Waals surface area contributed by atoms with E-state index in [1.54, 1.807) is 30.3 Å². The Morgan fingerprint density at radius 3 is 2.59 bits per heavy atom. The molecule has 1 aliphatic rings. The first kappa shape index (κ1) is 22.1. The highest BCUT2D eigenvalue weighted by atomic mass is 35.5. The summed E-state index contributed by atoms with van der Waals surface area (Å²) in [6.45, 7) is 0.395. The Morgan fingerprint density at radius 2 is 1.84 bits per heavy atom. The Bertz CT molecular complexity index is 1240. The minimum atomic E-state index is -0.621. The lowest BCUT2D eigenvalue weighted by Crippen LogP contribution is -2.30. The van der Waals surface area contributed by atoms with E-state index in [4.69, 9.17) is 34.3 Å². The van der Waals surface area contributed by atoms with E-state index in [0.717, 1.165) is 11.1 Å². The number of anilines is 1. The van der Waals surface area contributed by atoms with E-state index in [2.05, 4.69) is 0 Å². The lowest BCUT2D eigenvalue weighted by atomic mass is 10.1. The molecule has 0 unspecified atom stereocenters. The van der Waals surface area contributed by atoms with E-state index in [9.17, 15) is 9.59 Å². The summed E-state index contributed by atoms with van der Waals surface area (Å²) in [5, 5.41) is 0.673. The number of hydrogen-bond donors (Lipinski definition) is 1. The highest BCUT2D eigenvalue weighted by molar-refractivity contribution is 8.27. The molecule has 1 saturated heterocycles. The van der Waals surface area contributed by atoms with Crippen molar-refractivity contribution in [3.8, 4) is 5.75 Å². The fraction of sp³-hybridized carbons (Fsp3) is 0.0417. The molecule has 0 saturated carbocycles. The zero-order valence-corrected chi connectivity index (χ0v) is 19.0. The number of hydrogen-bond acceptors (Lipinski definition) is 5. The summed E-state index contributed by atoms with van der Waals surface area (Å²) in [7, 11) is 0. The van der Waals surface area contributed by atoms with E-state index in [0.29, 0.717) is 32.3 Å². The van der Waals surface area contributed by atoms with Gasteiger partial charge in [-0.15, -0.1) is 0 Å². The van der Waals surface area contributed by atoms with Crippen molar-refractivity contribution in [2.75, 3.05) is 4.90 Å². The molecule has 32 heavy (non-hydrogen) atoms. The van der Waals surface area contributed by atoms with Gasteiger partial charge in [0.15, 0.2) is 4.32 Å². The number of primary amides is 1. The number of nitrogens with zero attached hydrogens (tertiary/aromatic N) is 1. The second-order valence-corrected chi connectivity index (χ2v) is 9.00. The molecule has 1 heterocycles. The van der Waals surface area contributed by atoms with Crippen LogP contribution in [0.1, 0.15) is 21.5 Å². The summed E-state index contributed by atoms with van der Waals surface area (Å²) < 4.78 is 6.20. The number of amides is 2. The number of rotatable bonds is 6. The number of thiocarbonyl (C=S) groups is 1. The van der Waals surface area contributed by atoms with E-state index in [-0.39, 0.29) is 11.5 Å². The van der Waals surface area contributed by atoms with Gasteiger partial charge in [0.2, 0.25) is 0 Å². The molecule has 0 aliphatic carbocycles. The molecule has 3 aromatic carbocycles. The van der Waals surface area contributed by atoms with E-state index < -0.39 is 5.91 Å². The maximum atomic E-state index is 13.1. The molecule has 1 aliphatic heterocycles. The van der Waals surface area contributed by atoms with Crippen LogP contribution in [0.5, 0.6) is 5.75 Å². The Hall–Kier alpha value is -3.13. The highest BCUT2D eigenvalue weighted by Gasteiger charge is 2.35. The van der Waals surface area contributed by atoms with Crippen LogP contribution in [0.3, 0.4) is 0 Å². The standard InChI is InChI=1S/C24H17ClN2O3S2/c25-17-10-8-15(9-11-17)14-30-18-5-3-4-16(12-18)13-21-23(29)27(24(31)32-21)20-7-2-1-6-19(20)22(26)28/h1-13H,14H2,(H2,26,28)/b21-13-. The third kappa shape index (κ3) is 4.85. The molecular formula is C24H17ClN2O3S2. The van der Waals surface area contributed by atoms with Gasteiger partial charge in [0.05, 0.1) is 16.2 Å². The topological polar surface area (TPSA) is 72.6 Å². The number of carbonyl (C=O) groups is 2. The molecule has 0 bridgehead atoms. The average Bonchev–Trinajstić information content (AvgIpc) is 3.06. The fourth-order valence-electron chi connectivity index (χ4n) is 3.15. The largest absolute Gasteiger partial charge is 0.489 e. The van der Waals surface area contributed by atoms with Crippen LogP contribution in [0.4, 0.5) is 5.69 Å². The van der Waals surface area contributed by atoms with Crippen molar-refractivity contribution in [3.63, 3.8) is 0 Å². The monoisotopic (exact) mass is 480 g/mol. The van der Waals surface area contributed by atoms with E-state index in [1.807, 2.05) is 48.5 Å². The van der Waals surface area contributed by atoms with Crippen molar-refractivity contribution in [3.05, 3.63) is 99.4 Å². The molecule has 0 radical (unpaired) electrons. The van der Waals surface area contributed by atoms with Crippen molar-refractivity contribution in [2.24, 2.45) is 5.73 Å². The smallest absolute Gasteiger partial charge is 0.270 e. The van der Waals surface area contributed by atoms with Crippen molar-refractivity contribution in [1.82, 2.24) is 0 Å². The minimum Gasteiger partial charge on any atom is -0.489 e. The van der Waals surface area contributed by atoms with Gasteiger partial charge in [-0.25, -0.2) is 0 Å². The summed E-state index contributed by atoms with van der Waals surface area (Å²) in [4.78, 5) is 26.6. The number of thioether (sulfide) groups is 1. The Kier molecular flexibility index (Phi) is 6.60. The van der Waals surface area contributed by atoms with Crippen LogP contribution in [0, 0.1) is 0 Å². The molecule has 0 atom stereocenters. The molecule has 2 N–H and O–H groups in total. The van der Waals surface area contributed by atoms with Gasteiger partial charge in [0, 0.05) is 5.02 Å². The quantitative estimate of drug-likeness (QED) is 0.376. The highest BCUT2D eigenvalue weighted by Crippen LogP contribution is 2.37. The second kappa shape index (κ2) is 9.56. The van der Waals surface area contributed by atoms with Crippen molar-refractivity contribution >= 4 is 63.5 Å². The summed E-state index contributed by atoms with van der Waals surface area (Å²) >= 11 is 12.5. The van der Waals surface area contributed by atoms with Crippen LogP contribution in [0.2, 0.25) is 5.02 Å². The number of carbonyl (C=O) groups excluding carboxylic acids is 2. The minimum absolute atomic E-state index is 0.239. The van der Waals surface area contributed by atoms with Crippen LogP contribution < -0.4 is 15.4 Å². The Balaban J connectivity index is 1.54. The van der Waals surface area contributed by atoms with Gasteiger partial charge in [0.25, 0.3) is 11.8 Å². The van der Waals surface area contributed by atoms with Crippen LogP contribution in [0.25, 0.3) is 6.08 Å². The van der Waals surface area contributed by atoms with Crippen LogP contribution >= 0.6 is 35.6 Å². The molecular weight excluding hydrogens is 464 g/mol. The van der Waals surface area contributed by atoms with Gasteiger partial charge in [-0.05, 0) is 53.6 Å². The average molecular weight is 481 g/mol. The van der Waals surface area contributed by atoms with Gasteiger partial charge in [-0.2, -0.15) is 0 Å². The van der Waals surface area contributed by atoms with E-state index in [1.165, 1.54) is 16.7 Å². The number of benzene rings is 3. The van der Waals surface area contributed by atoms with Gasteiger partial charge in [0.1, 0.15) is 12.4 Å². The number of ether oxygens (including phenoxy) is 1. The van der Waals surface area contributed by atoms with Gasteiger partial charge in [-0.3, -0.25) is 14.5 Å². The molecule has 0 spiro atoms. The third-order valence-corrected chi connectivity index (χ3v) is 6.23. The third-order valence-electron chi connectivity index (χ3n) is 4.68. The van der Waals surface area contributed by atoms with E-state index >= 15 is 0 Å². The van der Waals surface area contributed by atoms with Crippen molar-refractivity contribution < 1.29 is 14.3 Å². The second-order valence-electron chi connectivity index (χ2n) is 6.89.